The van der Waals surface area contributed by atoms with E-state index in [-0.39, 0.29) is 6.03 Å². The van der Waals surface area contributed by atoms with Crippen molar-refractivity contribution in [2.24, 2.45) is 0 Å². The van der Waals surface area contributed by atoms with E-state index in [2.05, 4.69) is 10.6 Å². The van der Waals surface area contributed by atoms with E-state index in [1.165, 1.54) is 4.70 Å². The predicted molar refractivity (Wildman–Crippen MR) is 85.6 cm³/mol. The Labute approximate surface area is 121 Å². The number of carbonyl (C=O) groups excluding carboxylic acids is 1. The molecule has 0 aliphatic rings. The number of para-hydroxylation sites is 1. The molecule has 4 heteroatoms. The summed E-state index contributed by atoms with van der Waals surface area (Å²) in [5.74, 6) is 0. The van der Waals surface area contributed by atoms with Gasteiger partial charge >= 0.3 is 6.03 Å². The molecule has 0 saturated carbocycles. The van der Waals surface area contributed by atoms with Gasteiger partial charge in [0.1, 0.15) is 0 Å². The average molecular weight is 282 g/mol. The molecule has 2 N–H and O–H groups in total. The van der Waals surface area contributed by atoms with Gasteiger partial charge in [0.25, 0.3) is 0 Å². The largest absolute Gasteiger partial charge is 0.324 e. The third-order valence-electron chi connectivity index (χ3n) is 3.06. The second kappa shape index (κ2) is 5.35. The quantitative estimate of drug-likeness (QED) is 0.693. The van der Waals surface area contributed by atoms with Gasteiger partial charge in [-0.3, -0.25) is 5.32 Å². The molecule has 3 rings (SSSR count). The average Bonchev–Trinajstić information content (AvgIpc) is 2.83. The van der Waals surface area contributed by atoms with Crippen molar-refractivity contribution in [1.29, 1.82) is 0 Å². The second-order valence-corrected chi connectivity index (χ2v) is 5.63. The lowest BCUT2D eigenvalue weighted by molar-refractivity contribution is 0.262. The van der Waals surface area contributed by atoms with Gasteiger partial charge < -0.3 is 5.32 Å². The van der Waals surface area contributed by atoms with E-state index in [4.69, 9.17) is 0 Å². The predicted octanol–water partition coefficient (Wildman–Crippen LogP) is 4.85. The van der Waals surface area contributed by atoms with E-state index >= 15 is 0 Å². The molecule has 2 amide bonds. The Bertz CT molecular complexity index is 731. The molecule has 0 fully saturated rings. The number of hydrogen-bond donors (Lipinski definition) is 2. The van der Waals surface area contributed by atoms with Gasteiger partial charge in [-0.25, -0.2) is 4.79 Å². The third kappa shape index (κ3) is 2.65. The normalized spacial score (nSPS) is 10.4. The number of amides is 2. The van der Waals surface area contributed by atoms with Crippen LogP contribution in [0.15, 0.2) is 54.6 Å². The van der Waals surface area contributed by atoms with Gasteiger partial charge in [0.15, 0.2) is 0 Å². The van der Waals surface area contributed by atoms with Crippen LogP contribution in [0.5, 0.6) is 0 Å². The maximum absolute atomic E-state index is 12.0. The minimum Gasteiger partial charge on any atom is -0.307 e. The Kier molecular flexibility index (Phi) is 3.39. The first-order valence-corrected chi connectivity index (χ1v) is 7.16. The number of nitrogens with one attached hydrogen (secondary N) is 2. The Morgan fingerprint density at radius 2 is 1.75 bits per heavy atom. The summed E-state index contributed by atoms with van der Waals surface area (Å²) in [6, 6.07) is 17.5. The van der Waals surface area contributed by atoms with Gasteiger partial charge in [-0.2, -0.15) is 0 Å². The van der Waals surface area contributed by atoms with Gasteiger partial charge in [0, 0.05) is 10.4 Å². The standard InChI is InChI=1S/C16H14N2OS/c1-11-6-2-4-8-13(11)17-16(19)18-15-10-12-7-3-5-9-14(12)20-15/h2-10H,1H3,(H2,17,18,19). The van der Waals surface area contributed by atoms with Crippen LogP contribution in [-0.4, -0.2) is 6.03 Å². The summed E-state index contributed by atoms with van der Waals surface area (Å²) in [5, 5.41) is 7.72. The van der Waals surface area contributed by atoms with Crippen molar-refractivity contribution in [3.05, 3.63) is 60.2 Å². The van der Waals surface area contributed by atoms with Gasteiger partial charge in [-0.1, -0.05) is 36.4 Å². The Morgan fingerprint density at radius 3 is 2.55 bits per heavy atom. The molecule has 0 aliphatic carbocycles. The van der Waals surface area contributed by atoms with Crippen LogP contribution in [0.4, 0.5) is 15.5 Å². The second-order valence-electron chi connectivity index (χ2n) is 4.54. The van der Waals surface area contributed by atoms with Crippen LogP contribution in [0.25, 0.3) is 10.1 Å². The molecule has 0 aliphatic heterocycles. The smallest absolute Gasteiger partial charge is 0.307 e. The van der Waals surface area contributed by atoms with E-state index in [1.807, 2.05) is 61.5 Å². The number of urea groups is 1. The third-order valence-corrected chi connectivity index (χ3v) is 4.09. The fourth-order valence-electron chi connectivity index (χ4n) is 2.02. The van der Waals surface area contributed by atoms with E-state index in [9.17, 15) is 4.79 Å². The Balaban J connectivity index is 1.74. The fraction of sp³-hybridized carbons (Fsp3) is 0.0625. The molecule has 20 heavy (non-hydrogen) atoms. The first-order valence-electron chi connectivity index (χ1n) is 6.34. The molecule has 1 heterocycles. The lowest BCUT2D eigenvalue weighted by Crippen LogP contribution is -2.19. The maximum atomic E-state index is 12.0. The van der Waals surface area contributed by atoms with Crippen LogP contribution in [0.2, 0.25) is 0 Å². The monoisotopic (exact) mass is 282 g/mol. The highest BCUT2D eigenvalue weighted by Crippen LogP contribution is 2.29. The lowest BCUT2D eigenvalue weighted by atomic mass is 10.2. The number of benzene rings is 2. The van der Waals surface area contributed by atoms with Crippen LogP contribution in [-0.2, 0) is 0 Å². The molecule has 100 valence electrons. The summed E-state index contributed by atoms with van der Waals surface area (Å²) in [5.41, 5.74) is 1.87. The van der Waals surface area contributed by atoms with Crippen LogP contribution >= 0.6 is 11.3 Å². The number of carbonyl (C=O) groups is 1. The maximum Gasteiger partial charge on any atom is 0.324 e. The highest BCUT2D eigenvalue weighted by atomic mass is 32.1. The molecule has 2 aromatic carbocycles. The highest BCUT2D eigenvalue weighted by Gasteiger charge is 2.07. The number of anilines is 2. The SMILES string of the molecule is Cc1ccccc1NC(=O)Nc1cc2ccccc2s1. The summed E-state index contributed by atoms with van der Waals surface area (Å²) >= 11 is 1.57. The molecule has 0 atom stereocenters. The van der Waals surface area contributed by atoms with Crippen LogP contribution < -0.4 is 10.6 Å². The zero-order chi connectivity index (χ0) is 13.9. The van der Waals surface area contributed by atoms with Crippen molar-refractivity contribution in [2.75, 3.05) is 10.6 Å². The zero-order valence-electron chi connectivity index (χ0n) is 11.0. The van der Waals surface area contributed by atoms with E-state index in [0.29, 0.717) is 0 Å². The Morgan fingerprint density at radius 1 is 1.00 bits per heavy atom. The van der Waals surface area contributed by atoms with Crippen molar-refractivity contribution < 1.29 is 4.79 Å². The summed E-state index contributed by atoms with van der Waals surface area (Å²) in [4.78, 5) is 12.0. The van der Waals surface area contributed by atoms with Gasteiger partial charge in [0.05, 0.1) is 5.00 Å². The van der Waals surface area contributed by atoms with Crippen molar-refractivity contribution >= 4 is 38.1 Å². The van der Waals surface area contributed by atoms with Gasteiger partial charge in [0.2, 0.25) is 0 Å². The zero-order valence-corrected chi connectivity index (χ0v) is 11.8. The number of hydrogen-bond acceptors (Lipinski definition) is 2. The van der Waals surface area contributed by atoms with E-state index in [0.717, 1.165) is 21.6 Å². The number of rotatable bonds is 2. The molecule has 0 saturated heterocycles. The Hall–Kier alpha value is -2.33. The minimum atomic E-state index is -0.217. The first-order chi connectivity index (χ1) is 9.72. The molecule has 0 spiro atoms. The van der Waals surface area contributed by atoms with Crippen molar-refractivity contribution in [1.82, 2.24) is 0 Å². The summed E-state index contributed by atoms with van der Waals surface area (Å²) in [7, 11) is 0. The topological polar surface area (TPSA) is 41.1 Å². The molecule has 0 bridgehead atoms. The highest BCUT2D eigenvalue weighted by molar-refractivity contribution is 7.22. The van der Waals surface area contributed by atoms with Gasteiger partial charge in [-0.15, -0.1) is 11.3 Å². The first kappa shape index (κ1) is 12.7. The molecule has 0 unspecified atom stereocenters. The number of aryl methyl sites for hydroxylation is 1. The van der Waals surface area contributed by atoms with Crippen LogP contribution in [0, 0.1) is 6.92 Å². The summed E-state index contributed by atoms with van der Waals surface area (Å²) < 4.78 is 1.17. The fourth-order valence-corrected chi connectivity index (χ4v) is 2.98. The molecule has 3 aromatic rings. The molecule has 0 radical (unpaired) electrons. The number of thiophene rings is 1. The van der Waals surface area contributed by atoms with Crippen molar-refractivity contribution in [3.8, 4) is 0 Å². The van der Waals surface area contributed by atoms with E-state index in [1.54, 1.807) is 11.3 Å². The molecular weight excluding hydrogens is 268 g/mol. The minimum absolute atomic E-state index is 0.217. The molecule has 1 aromatic heterocycles. The lowest BCUT2D eigenvalue weighted by Gasteiger charge is -2.08. The van der Waals surface area contributed by atoms with Crippen LogP contribution in [0.3, 0.4) is 0 Å². The summed E-state index contributed by atoms with van der Waals surface area (Å²) in [6.45, 7) is 1.97. The number of fused-ring (bicyclic) bond motifs is 1. The van der Waals surface area contributed by atoms with Crippen molar-refractivity contribution in [2.45, 2.75) is 6.92 Å². The summed E-state index contributed by atoms with van der Waals surface area (Å²) in [6.07, 6.45) is 0. The molecular formula is C16H14N2OS. The molecule has 3 nitrogen and oxygen atoms in total. The van der Waals surface area contributed by atoms with Gasteiger partial charge in [-0.05, 0) is 36.1 Å². The van der Waals surface area contributed by atoms with Crippen LogP contribution in [0.1, 0.15) is 5.56 Å². The van der Waals surface area contributed by atoms with Crippen molar-refractivity contribution in [3.63, 3.8) is 0 Å². The van der Waals surface area contributed by atoms with E-state index < -0.39 is 0 Å².